The number of hydrogen-bond donors (Lipinski definition) is 4. The highest BCUT2D eigenvalue weighted by Crippen LogP contribution is 2.21. The van der Waals surface area contributed by atoms with Gasteiger partial charge in [0.25, 0.3) is 0 Å². The summed E-state index contributed by atoms with van der Waals surface area (Å²) in [7, 11) is 0. The van der Waals surface area contributed by atoms with Gasteiger partial charge in [0.05, 0.1) is 17.3 Å². The molecular weight excluding hydrogens is 212 g/mol. The zero-order valence-corrected chi connectivity index (χ0v) is 8.60. The summed E-state index contributed by atoms with van der Waals surface area (Å²) < 4.78 is 0. The van der Waals surface area contributed by atoms with Gasteiger partial charge in [0.2, 0.25) is 5.91 Å². The number of hydrogen-bond acceptors (Lipinski definition) is 4. The molecule has 0 bridgehead atoms. The second-order valence-electron chi connectivity index (χ2n) is 3.31. The highest BCUT2D eigenvalue weighted by molar-refractivity contribution is 6.02. The van der Waals surface area contributed by atoms with Crippen molar-refractivity contribution in [2.24, 2.45) is 5.73 Å². The number of carbonyl (C=O) groups is 2. The minimum atomic E-state index is -1.24. The van der Waals surface area contributed by atoms with Gasteiger partial charge in [-0.05, 0) is 25.1 Å². The average Bonchev–Trinajstić information content (AvgIpc) is 2.20. The molecular formula is C10H12N2O4. The molecule has 0 aliphatic heterocycles. The van der Waals surface area contributed by atoms with Crippen LogP contribution in [-0.4, -0.2) is 28.1 Å². The lowest BCUT2D eigenvalue weighted by Gasteiger charge is -2.10. The molecule has 86 valence electrons. The van der Waals surface area contributed by atoms with Crippen molar-refractivity contribution in [3.05, 3.63) is 23.8 Å². The van der Waals surface area contributed by atoms with Crippen LogP contribution in [0.4, 0.5) is 5.69 Å². The second-order valence-corrected chi connectivity index (χ2v) is 3.31. The van der Waals surface area contributed by atoms with Crippen LogP contribution < -0.4 is 11.1 Å². The van der Waals surface area contributed by atoms with E-state index in [1.54, 1.807) is 0 Å². The Morgan fingerprint density at radius 3 is 2.56 bits per heavy atom. The summed E-state index contributed by atoms with van der Waals surface area (Å²) in [5, 5.41) is 20.3. The SMILES string of the molecule is CC(N)C(=O)Nc1ccc(O)cc1C(=O)O. The smallest absolute Gasteiger partial charge is 0.337 e. The quantitative estimate of drug-likeness (QED) is 0.554. The Labute approximate surface area is 91.7 Å². The number of nitrogens with one attached hydrogen (secondary N) is 1. The third kappa shape index (κ3) is 2.71. The average molecular weight is 224 g/mol. The molecule has 0 aliphatic rings. The second kappa shape index (κ2) is 4.63. The molecule has 0 saturated carbocycles. The predicted molar refractivity (Wildman–Crippen MR) is 57.3 cm³/mol. The molecule has 1 aromatic carbocycles. The van der Waals surface area contributed by atoms with E-state index in [9.17, 15) is 9.59 Å². The Balaban J connectivity index is 3.04. The lowest BCUT2D eigenvalue weighted by Crippen LogP contribution is -2.32. The Morgan fingerprint density at radius 1 is 1.44 bits per heavy atom. The maximum absolute atomic E-state index is 11.3. The molecule has 1 unspecified atom stereocenters. The standard InChI is InChI=1S/C10H12N2O4/c1-5(11)9(14)12-8-3-2-6(13)4-7(8)10(15)16/h2-5,13H,11H2,1H3,(H,12,14)(H,15,16). The van der Waals surface area contributed by atoms with Gasteiger partial charge in [0, 0.05) is 0 Å². The van der Waals surface area contributed by atoms with Crippen LogP contribution >= 0.6 is 0 Å². The van der Waals surface area contributed by atoms with Crippen molar-refractivity contribution in [1.29, 1.82) is 0 Å². The van der Waals surface area contributed by atoms with Gasteiger partial charge in [-0.15, -0.1) is 0 Å². The van der Waals surface area contributed by atoms with Gasteiger partial charge in [-0.2, -0.15) is 0 Å². The van der Waals surface area contributed by atoms with Gasteiger partial charge in [-0.1, -0.05) is 0 Å². The Bertz CT molecular complexity index is 429. The molecule has 1 atom stereocenters. The van der Waals surface area contributed by atoms with Crippen LogP contribution in [0.5, 0.6) is 5.75 Å². The molecule has 6 nitrogen and oxygen atoms in total. The van der Waals surface area contributed by atoms with Crippen molar-refractivity contribution in [3.63, 3.8) is 0 Å². The van der Waals surface area contributed by atoms with Crippen molar-refractivity contribution in [2.45, 2.75) is 13.0 Å². The summed E-state index contributed by atoms with van der Waals surface area (Å²) in [6.45, 7) is 1.48. The molecule has 0 radical (unpaired) electrons. The van der Waals surface area contributed by atoms with Gasteiger partial charge in [-0.3, -0.25) is 4.79 Å². The van der Waals surface area contributed by atoms with Gasteiger partial charge in [0.1, 0.15) is 5.75 Å². The highest BCUT2D eigenvalue weighted by Gasteiger charge is 2.14. The van der Waals surface area contributed by atoms with E-state index in [4.69, 9.17) is 15.9 Å². The number of anilines is 1. The summed E-state index contributed by atoms with van der Waals surface area (Å²) in [4.78, 5) is 22.1. The molecule has 1 amide bonds. The minimum absolute atomic E-state index is 0.104. The van der Waals surface area contributed by atoms with Crippen molar-refractivity contribution in [3.8, 4) is 5.75 Å². The third-order valence-electron chi connectivity index (χ3n) is 1.90. The topological polar surface area (TPSA) is 113 Å². The maximum atomic E-state index is 11.3. The molecule has 0 aromatic heterocycles. The number of carbonyl (C=O) groups excluding carboxylic acids is 1. The van der Waals surface area contributed by atoms with E-state index in [-0.39, 0.29) is 17.0 Å². The van der Waals surface area contributed by atoms with E-state index in [0.717, 1.165) is 6.07 Å². The number of benzene rings is 1. The van der Waals surface area contributed by atoms with E-state index in [0.29, 0.717) is 0 Å². The van der Waals surface area contributed by atoms with Gasteiger partial charge >= 0.3 is 5.97 Å². The summed E-state index contributed by atoms with van der Waals surface area (Å²) in [5.41, 5.74) is 5.25. The molecule has 0 aliphatic carbocycles. The van der Waals surface area contributed by atoms with Gasteiger partial charge in [-0.25, -0.2) is 4.79 Å². The van der Waals surface area contributed by atoms with Crippen molar-refractivity contribution in [2.75, 3.05) is 5.32 Å². The lowest BCUT2D eigenvalue weighted by atomic mass is 10.1. The first-order valence-corrected chi connectivity index (χ1v) is 4.54. The number of aromatic hydroxyl groups is 1. The fourth-order valence-corrected chi connectivity index (χ4v) is 1.06. The number of phenols is 1. The summed E-state index contributed by atoms with van der Waals surface area (Å²) in [6, 6.07) is 2.90. The largest absolute Gasteiger partial charge is 0.508 e. The van der Waals surface area contributed by atoms with Crippen LogP contribution in [0.2, 0.25) is 0 Å². The molecule has 1 rings (SSSR count). The number of aromatic carboxylic acids is 1. The normalized spacial score (nSPS) is 11.9. The van der Waals surface area contributed by atoms with E-state index in [2.05, 4.69) is 5.32 Å². The zero-order chi connectivity index (χ0) is 12.3. The number of rotatable bonds is 3. The van der Waals surface area contributed by atoms with Crippen LogP contribution in [0, 0.1) is 0 Å². The van der Waals surface area contributed by atoms with Crippen LogP contribution in [0.3, 0.4) is 0 Å². The first-order chi connectivity index (χ1) is 7.41. The Hall–Kier alpha value is -2.08. The molecule has 5 N–H and O–H groups in total. The first-order valence-electron chi connectivity index (χ1n) is 4.54. The number of phenolic OH excluding ortho intramolecular Hbond substituents is 1. The molecule has 0 heterocycles. The fourth-order valence-electron chi connectivity index (χ4n) is 1.06. The molecule has 0 fully saturated rings. The molecule has 1 aromatic rings. The molecule has 6 heteroatoms. The number of carboxylic acid groups (broad SMARTS) is 1. The maximum Gasteiger partial charge on any atom is 0.337 e. The van der Waals surface area contributed by atoms with Gasteiger partial charge < -0.3 is 21.3 Å². The van der Waals surface area contributed by atoms with Crippen molar-refractivity contribution >= 4 is 17.6 Å². The third-order valence-corrected chi connectivity index (χ3v) is 1.90. The van der Waals surface area contributed by atoms with Crippen LogP contribution in [0.25, 0.3) is 0 Å². The fraction of sp³-hybridized carbons (Fsp3) is 0.200. The van der Waals surface area contributed by atoms with Crippen LogP contribution in [-0.2, 0) is 4.79 Å². The van der Waals surface area contributed by atoms with Crippen molar-refractivity contribution < 1.29 is 19.8 Å². The van der Waals surface area contributed by atoms with Crippen LogP contribution in [0.15, 0.2) is 18.2 Å². The van der Waals surface area contributed by atoms with E-state index in [1.807, 2.05) is 0 Å². The predicted octanol–water partition coefficient (Wildman–Crippen LogP) is 0.376. The Kier molecular flexibility index (Phi) is 3.47. The van der Waals surface area contributed by atoms with E-state index in [1.165, 1.54) is 19.1 Å². The van der Waals surface area contributed by atoms with Crippen molar-refractivity contribution in [1.82, 2.24) is 0 Å². The minimum Gasteiger partial charge on any atom is -0.508 e. The monoisotopic (exact) mass is 224 g/mol. The zero-order valence-electron chi connectivity index (χ0n) is 8.60. The summed E-state index contributed by atoms with van der Waals surface area (Å²) in [5.74, 6) is -1.92. The molecule has 16 heavy (non-hydrogen) atoms. The highest BCUT2D eigenvalue weighted by atomic mass is 16.4. The van der Waals surface area contributed by atoms with E-state index >= 15 is 0 Å². The summed E-state index contributed by atoms with van der Waals surface area (Å²) >= 11 is 0. The number of carboxylic acids is 1. The first kappa shape index (κ1) is 12.0. The number of amides is 1. The van der Waals surface area contributed by atoms with Crippen LogP contribution in [0.1, 0.15) is 17.3 Å². The van der Waals surface area contributed by atoms with Gasteiger partial charge in [0.15, 0.2) is 0 Å². The number of nitrogens with two attached hydrogens (primary N) is 1. The van der Waals surface area contributed by atoms with E-state index < -0.39 is 17.9 Å². The molecule has 0 spiro atoms. The molecule has 0 saturated heterocycles. The Morgan fingerprint density at radius 2 is 2.06 bits per heavy atom. The summed E-state index contributed by atoms with van der Waals surface area (Å²) in [6.07, 6.45) is 0. The lowest BCUT2D eigenvalue weighted by molar-refractivity contribution is -0.117.